The first-order valence-electron chi connectivity index (χ1n) is 21.1. The van der Waals surface area contributed by atoms with Crippen molar-refractivity contribution in [1.82, 2.24) is 19.1 Å². The predicted molar refractivity (Wildman–Crippen MR) is 258 cm³/mol. The van der Waals surface area contributed by atoms with Gasteiger partial charge in [0.2, 0.25) is 5.95 Å². The zero-order valence-corrected chi connectivity index (χ0v) is 33.7. The summed E-state index contributed by atoms with van der Waals surface area (Å²) in [4.78, 5) is 10.8. The zero-order valence-electron chi connectivity index (χ0n) is 33.7. The standard InChI is InChI=1S/C58H38N4/c1-4-14-39(15-5-1)41-24-28-43(29-25-41)52-38-53(44-30-26-42(27-31-44)40-16-6-2-7-17-40)60-58(59-52)62-55-23-13-11-21-49(55)51-35-33-46(37-57(51)62)45-32-34-50-48-20-10-12-22-54(48)61(56(50)36-45)47-18-8-3-9-19-47/h1-38H. The van der Waals surface area contributed by atoms with Crippen molar-refractivity contribution in [2.24, 2.45) is 0 Å². The summed E-state index contributed by atoms with van der Waals surface area (Å²) in [6.07, 6.45) is 0. The van der Waals surface area contributed by atoms with Crippen molar-refractivity contribution < 1.29 is 0 Å². The van der Waals surface area contributed by atoms with Gasteiger partial charge in [-0.05, 0) is 75.8 Å². The van der Waals surface area contributed by atoms with Crippen LogP contribution in [-0.2, 0) is 0 Å². The van der Waals surface area contributed by atoms with Crippen LogP contribution in [0.5, 0.6) is 0 Å². The molecular formula is C58H38N4. The normalized spacial score (nSPS) is 11.5. The third-order valence-electron chi connectivity index (χ3n) is 12.2. The average molecular weight is 791 g/mol. The maximum atomic E-state index is 5.40. The molecular weight excluding hydrogens is 753 g/mol. The SMILES string of the molecule is c1ccc(-c2ccc(-c3cc(-c4ccc(-c5ccccc5)cc4)nc(-n4c5ccccc5c5ccc(-c6ccc7c8ccccc8n(-c8ccccc8)c7c6)cc54)n3)cc2)cc1. The molecule has 0 aliphatic carbocycles. The monoisotopic (exact) mass is 790 g/mol. The molecule has 0 saturated heterocycles. The van der Waals surface area contributed by atoms with Gasteiger partial charge in [0, 0.05) is 38.4 Å². The lowest BCUT2D eigenvalue weighted by atomic mass is 10.0. The Bertz CT molecular complexity index is 3490. The quantitative estimate of drug-likeness (QED) is 0.161. The van der Waals surface area contributed by atoms with Crippen molar-refractivity contribution >= 4 is 43.6 Å². The number of fused-ring (bicyclic) bond motifs is 6. The molecule has 0 bridgehead atoms. The minimum atomic E-state index is 0.625. The number of hydrogen-bond acceptors (Lipinski definition) is 2. The molecule has 0 radical (unpaired) electrons. The molecule has 0 saturated carbocycles. The molecule has 62 heavy (non-hydrogen) atoms. The van der Waals surface area contributed by atoms with Crippen LogP contribution in [0.4, 0.5) is 0 Å². The number of rotatable bonds is 7. The van der Waals surface area contributed by atoms with Crippen LogP contribution in [0.3, 0.4) is 0 Å². The van der Waals surface area contributed by atoms with E-state index in [9.17, 15) is 0 Å². The molecule has 3 heterocycles. The smallest absolute Gasteiger partial charge is 0.235 e. The van der Waals surface area contributed by atoms with Crippen molar-refractivity contribution in [3.8, 4) is 67.5 Å². The number of benzene rings is 9. The largest absolute Gasteiger partial charge is 0.309 e. The second kappa shape index (κ2) is 14.7. The first-order valence-corrected chi connectivity index (χ1v) is 21.1. The fraction of sp³-hybridized carbons (Fsp3) is 0. The van der Waals surface area contributed by atoms with Gasteiger partial charge in [-0.25, -0.2) is 9.97 Å². The highest BCUT2D eigenvalue weighted by atomic mass is 15.2. The molecule has 0 unspecified atom stereocenters. The van der Waals surface area contributed by atoms with E-state index in [0.29, 0.717) is 5.95 Å². The van der Waals surface area contributed by atoms with Gasteiger partial charge < -0.3 is 4.57 Å². The molecule has 290 valence electrons. The van der Waals surface area contributed by atoms with E-state index in [-0.39, 0.29) is 0 Å². The molecule has 9 aromatic carbocycles. The lowest BCUT2D eigenvalue weighted by Gasteiger charge is -2.13. The molecule has 12 rings (SSSR count). The molecule has 0 amide bonds. The Morgan fingerprint density at radius 3 is 1.10 bits per heavy atom. The summed E-state index contributed by atoms with van der Waals surface area (Å²) in [5.41, 5.74) is 16.4. The molecule has 4 nitrogen and oxygen atoms in total. The lowest BCUT2D eigenvalue weighted by molar-refractivity contribution is 0.996. The van der Waals surface area contributed by atoms with E-state index in [2.05, 4.69) is 240 Å². The van der Waals surface area contributed by atoms with Crippen LogP contribution in [0.25, 0.3) is 111 Å². The third-order valence-corrected chi connectivity index (χ3v) is 12.2. The fourth-order valence-corrected chi connectivity index (χ4v) is 9.13. The van der Waals surface area contributed by atoms with Crippen molar-refractivity contribution in [3.63, 3.8) is 0 Å². The Balaban J connectivity index is 1.05. The first-order chi connectivity index (χ1) is 30.7. The van der Waals surface area contributed by atoms with Crippen molar-refractivity contribution in [3.05, 3.63) is 231 Å². The molecule has 0 N–H and O–H groups in total. The van der Waals surface area contributed by atoms with E-state index in [1.165, 1.54) is 32.9 Å². The number of aromatic nitrogens is 4. The van der Waals surface area contributed by atoms with Crippen LogP contribution in [-0.4, -0.2) is 19.1 Å². The van der Waals surface area contributed by atoms with Gasteiger partial charge in [0.25, 0.3) is 0 Å². The van der Waals surface area contributed by atoms with Crippen molar-refractivity contribution in [2.75, 3.05) is 0 Å². The van der Waals surface area contributed by atoms with E-state index in [4.69, 9.17) is 9.97 Å². The maximum absolute atomic E-state index is 5.40. The van der Waals surface area contributed by atoms with Crippen LogP contribution in [0.1, 0.15) is 0 Å². The van der Waals surface area contributed by atoms with Gasteiger partial charge in [-0.15, -0.1) is 0 Å². The van der Waals surface area contributed by atoms with Crippen LogP contribution < -0.4 is 0 Å². The Morgan fingerprint density at radius 2 is 0.597 bits per heavy atom. The predicted octanol–water partition coefficient (Wildman–Crippen LogP) is 15.0. The van der Waals surface area contributed by atoms with Gasteiger partial charge >= 0.3 is 0 Å². The average Bonchev–Trinajstić information content (AvgIpc) is 3.87. The van der Waals surface area contributed by atoms with Crippen molar-refractivity contribution in [1.29, 1.82) is 0 Å². The van der Waals surface area contributed by atoms with Gasteiger partial charge in [0.15, 0.2) is 0 Å². The van der Waals surface area contributed by atoms with Gasteiger partial charge in [0.1, 0.15) is 0 Å². The summed E-state index contributed by atoms with van der Waals surface area (Å²) in [5.74, 6) is 0.625. The molecule has 0 aliphatic heterocycles. The minimum Gasteiger partial charge on any atom is -0.309 e. The van der Waals surface area contributed by atoms with E-state index >= 15 is 0 Å². The van der Waals surface area contributed by atoms with Gasteiger partial charge in [-0.2, -0.15) is 0 Å². The molecule has 0 spiro atoms. The second-order valence-electron chi connectivity index (χ2n) is 15.8. The molecule has 12 aromatic rings. The van der Waals surface area contributed by atoms with Gasteiger partial charge in [-0.3, -0.25) is 4.57 Å². The van der Waals surface area contributed by atoms with Gasteiger partial charge in [0.05, 0.1) is 33.5 Å². The summed E-state index contributed by atoms with van der Waals surface area (Å²) in [5, 5.41) is 4.78. The summed E-state index contributed by atoms with van der Waals surface area (Å²) >= 11 is 0. The van der Waals surface area contributed by atoms with E-state index in [0.717, 1.165) is 72.3 Å². The Hall–Kier alpha value is -8.34. The fourth-order valence-electron chi connectivity index (χ4n) is 9.13. The summed E-state index contributed by atoms with van der Waals surface area (Å²) in [7, 11) is 0. The topological polar surface area (TPSA) is 35.6 Å². The summed E-state index contributed by atoms with van der Waals surface area (Å²) in [6, 6.07) is 82.2. The Morgan fingerprint density at radius 1 is 0.242 bits per heavy atom. The highest BCUT2D eigenvalue weighted by Crippen LogP contribution is 2.39. The number of hydrogen-bond donors (Lipinski definition) is 0. The molecule has 0 fully saturated rings. The highest BCUT2D eigenvalue weighted by molar-refractivity contribution is 6.12. The Labute approximate surface area is 359 Å². The van der Waals surface area contributed by atoms with Crippen LogP contribution in [0.15, 0.2) is 231 Å². The van der Waals surface area contributed by atoms with E-state index < -0.39 is 0 Å². The maximum Gasteiger partial charge on any atom is 0.235 e. The van der Waals surface area contributed by atoms with E-state index in [1.807, 2.05) is 0 Å². The molecule has 0 atom stereocenters. The second-order valence-corrected chi connectivity index (χ2v) is 15.8. The lowest BCUT2D eigenvalue weighted by Crippen LogP contribution is -2.04. The summed E-state index contributed by atoms with van der Waals surface area (Å²) < 4.78 is 4.63. The van der Waals surface area contributed by atoms with E-state index in [1.54, 1.807) is 0 Å². The van der Waals surface area contributed by atoms with Gasteiger partial charge in [-0.1, -0.05) is 188 Å². The minimum absolute atomic E-state index is 0.625. The van der Waals surface area contributed by atoms with Crippen molar-refractivity contribution in [2.45, 2.75) is 0 Å². The molecule has 3 aromatic heterocycles. The zero-order chi connectivity index (χ0) is 41.0. The molecule has 4 heteroatoms. The number of para-hydroxylation sites is 3. The highest BCUT2D eigenvalue weighted by Gasteiger charge is 2.19. The summed E-state index contributed by atoms with van der Waals surface area (Å²) in [6.45, 7) is 0. The molecule has 0 aliphatic rings. The Kier molecular flexibility index (Phi) is 8.46. The third kappa shape index (κ3) is 6.08. The first kappa shape index (κ1) is 35.6. The number of nitrogens with zero attached hydrogens (tertiary/aromatic N) is 4. The van der Waals surface area contributed by atoms with Crippen LogP contribution >= 0.6 is 0 Å². The van der Waals surface area contributed by atoms with Crippen LogP contribution in [0.2, 0.25) is 0 Å². The van der Waals surface area contributed by atoms with Crippen LogP contribution in [0, 0.1) is 0 Å².